The molecule has 0 spiro atoms. The first-order valence-corrected chi connectivity index (χ1v) is 6.16. The summed E-state index contributed by atoms with van der Waals surface area (Å²) in [6, 6.07) is 7.84. The minimum atomic E-state index is 0. The van der Waals surface area contributed by atoms with Crippen LogP contribution in [0.5, 0.6) is 0 Å². The van der Waals surface area contributed by atoms with Gasteiger partial charge < -0.3 is 24.8 Å². The van der Waals surface area contributed by atoms with Crippen LogP contribution in [0, 0.1) is 13.0 Å². The summed E-state index contributed by atoms with van der Waals surface area (Å²) in [4.78, 5) is 0. The molecule has 20 heavy (non-hydrogen) atoms. The summed E-state index contributed by atoms with van der Waals surface area (Å²) in [7, 11) is 0. The molecule has 0 radical (unpaired) electrons. The summed E-state index contributed by atoms with van der Waals surface area (Å²) in [6.45, 7) is 2.05. The molecule has 0 atom stereocenters. The molecule has 0 unspecified atom stereocenters. The molecule has 2 aromatic carbocycles. The predicted octanol–water partition coefficient (Wildman–Crippen LogP) is -0.515. The van der Waals surface area contributed by atoms with E-state index in [-0.39, 0.29) is 51.0 Å². The van der Waals surface area contributed by atoms with E-state index in [1.807, 2.05) is 25.1 Å². The monoisotopic (exact) mass is 422 g/mol. The Morgan fingerprint density at radius 2 is 1.85 bits per heavy atom. The van der Waals surface area contributed by atoms with Gasteiger partial charge in [-0.2, -0.15) is 12.1 Å². The molecule has 1 aliphatic carbocycles. The number of hydrogen-bond donors (Lipinski definition) is 0. The van der Waals surface area contributed by atoms with Crippen molar-refractivity contribution in [1.82, 2.24) is 0 Å². The molecular formula is C15H12Cl4Zr. The summed E-state index contributed by atoms with van der Waals surface area (Å²) in [5, 5.41) is 3.62. The molecule has 0 N–H and O–H groups in total. The predicted molar refractivity (Wildman–Crippen MR) is 75.9 cm³/mol. The third kappa shape index (κ3) is 6.41. The van der Waals surface area contributed by atoms with Gasteiger partial charge in [0, 0.05) is 5.02 Å². The van der Waals surface area contributed by atoms with E-state index in [0.29, 0.717) is 5.02 Å². The van der Waals surface area contributed by atoms with Gasteiger partial charge in [-0.3, -0.25) is 6.08 Å². The standard InChI is InChI=1S/C10H7Cl2.C5H5.2ClH.Zr/c1-6-2-7-4-8(11)5-10(12)9(7)3-6;1-2-4-5-3-1;;;/h2-5H,1H3;1-3H,4H2;2*1H;/q2*-1;;;+4/p-2. The minimum Gasteiger partial charge on any atom is -1.00 e. The number of halogens is 4. The van der Waals surface area contributed by atoms with Crippen molar-refractivity contribution in [2.75, 3.05) is 0 Å². The fourth-order valence-corrected chi connectivity index (χ4v) is 2.29. The summed E-state index contributed by atoms with van der Waals surface area (Å²) in [5.41, 5.74) is 1.22. The fourth-order valence-electron chi connectivity index (χ4n) is 1.73. The third-order valence-electron chi connectivity index (χ3n) is 2.47. The van der Waals surface area contributed by atoms with Crippen LogP contribution in [-0.2, 0) is 26.2 Å². The van der Waals surface area contributed by atoms with Gasteiger partial charge in [-0.15, -0.1) is 34.9 Å². The van der Waals surface area contributed by atoms with E-state index in [1.165, 1.54) is 5.56 Å². The van der Waals surface area contributed by atoms with E-state index < -0.39 is 0 Å². The van der Waals surface area contributed by atoms with Crippen LogP contribution in [0.15, 0.2) is 42.5 Å². The molecule has 0 aromatic heterocycles. The number of benzene rings is 1. The van der Waals surface area contributed by atoms with E-state index in [0.717, 1.165) is 22.2 Å². The van der Waals surface area contributed by atoms with Crippen LogP contribution in [0.25, 0.3) is 10.8 Å². The Labute approximate surface area is 161 Å². The zero-order valence-electron chi connectivity index (χ0n) is 10.8. The van der Waals surface area contributed by atoms with E-state index in [1.54, 1.807) is 6.07 Å². The van der Waals surface area contributed by atoms with Crippen molar-refractivity contribution >= 4 is 34.0 Å². The molecule has 0 saturated heterocycles. The van der Waals surface area contributed by atoms with Gasteiger partial charge in [0.2, 0.25) is 0 Å². The van der Waals surface area contributed by atoms with Gasteiger partial charge in [-0.05, 0) is 11.1 Å². The Morgan fingerprint density at radius 1 is 1.15 bits per heavy atom. The number of rotatable bonds is 0. The minimum absolute atomic E-state index is 0. The average Bonchev–Trinajstić information content (AvgIpc) is 2.88. The average molecular weight is 425 g/mol. The summed E-state index contributed by atoms with van der Waals surface area (Å²) in [5.74, 6) is 0. The first-order chi connectivity index (χ1) is 8.16. The van der Waals surface area contributed by atoms with Crippen LogP contribution in [0.2, 0.25) is 10.0 Å². The van der Waals surface area contributed by atoms with Gasteiger partial charge in [0.1, 0.15) is 0 Å². The second kappa shape index (κ2) is 11.0. The Kier molecular flexibility index (Phi) is 12.4. The zero-order chi connectivity index (χ0) is 12.3. The molecule has 0 nitrogen and oxygen atoms in total. The van der Waals surface area contributed by atoms with Crippen molar-refractivity contribution in [2.45, 2.75) is 13.3 Å². The molecule has 0 bridgehead atoms. The van der Waals surface area contributed by atoms with Crippen molar-refractivity contribution in [1.29, 1.82) is 0 Å². The molecule has 0 fully saturated rings. The van der Waals surface area contributed by atoms with E-state index >= 15 is 0 Å². The molecule has 104 valence electrons. The van der Waals surface area contributed by atoms with E-state index in [4.69, 9.17) is 23.2 Å². The normalized spacial score (nSPS) is 10.9. The van der Waals surface area contributed by atoms with Gasteiger partial charge >= 0.3 is 26.2 Å². The Morgan fingerprint density at radius 3 is 2.35 bits per heavy atom. The molecule has 2 aromatic rings. The topological polar surface area (TPSA) is 0 Å². The fraction of sp³-hybridized carbons (Fsp3) is 0.133. The number of aryl methyl sites for hydroxylation is 1. The maximum absolute atomic E-state index is 5.99. The van der Waals surface area contributed by atoms with Crippen LogP contribution < -0.4 is 24.8 Å². The smallest absolute Gasteiger partial charge is 1.00 e. The van der Waals surface area contributed by atoms with Gasteiger partial charge in [-0.1, -0.05) is 30.1 Å². The van der Waals surface area contributed by atoms with Crippen molar-refractivity contribution < 1.29 is 51.0 Å². The maximum Gasteiger partial charge on any atom is 4.00 e. The van der Waals surface area contributed by atoms with Crippen LogP contribution >= 0.6 is 23.2 Å². The summed E-state index contributed by atoms with van der Waals surface area (Å²) in [6.07, 6.45) is 10.0. The van der Waals surface area contributed by atoms with Gasteiger partial charge in [0.05, 0.1) is 0 Å². The maximum atomic E-state index is 5.99. The molecule has 0 heterocycles. The first kappa shape index (κ1) is 22.6. The Balaban J connectivity index is 0. The van der Waals surface area contributed by atoms with Crippen LogP contribution in [-0.4, -0.2) is 0 Å². The molecule has 5 heteroatoms. The van der Waals surface area contributed by atoms with Crippen molar-refractivity contribution in [3.8, 4) is 0 Å². The molecule has 0 aliphatic heterocycles. The second-order valence-electron chi connectivity index (χ2n) is 3.93. The van der Waals surface area contributed by atoms with E-state index in [2.05, 4.69) is 24.3 Å². The SMILES string of the molecule is Cc1cc2c(Cl)cc(Cl)cc2[cH-]1.[C-]1=CC=CC1.[Cl-].[Cl-].[Zr+4]. The van der Waals surface area contributed by atoms with Gasteiger partial charge in [0.25, 0.3) is 0 Å². The molecule has 1 aliphatic rings. The molecule has 0 saturated carbocycles. The molecular weight excluding hydrogens is 413 g/mol. The third-order valence-corrected chi connectivity index (χ3v) is 3.00. The second-order valence-corrected chi connectivity index (χ2v) is 4.77. The Hall–Kier alpha value is 0.353. The number of fused-ring (bicyclic) bond motifs is 1. The van der Waals surface area contributed by atoms with Gasteiger partial charge in [-0.25, -0.2) is 12.2 Å². The summed E-state index contributed by atoms with van der Waals surface area (Å²) < 4.78 is 0. The van der Waals surface area contributed by atoms with Crippen LogP contribution in [0.3, 0.4) is 0 Å². The quantitative estimate of drug-likeness (QED) is 0.499. The first-order valence-electron chi connectivity index (χ1n) is 5.40. The van der Waals surface area contributed by atoms with Crippen molar-refractivity contribution in [3.63, 3.8) is 0 Å². The van der Waals surface area contributed by atoms with Crippen molar-refractivity contribution in [3.05, 3.63) is 64.2 Å². The van der Waals surface area contributed by atoms with Gasteiger partial charge in [0.15, 0.2) is 0 Å². The molecule has 3 rings (SSSR count). The Bertz CT molecular complexity index is 575. The van der Waals surface area contributed by atoms with Crippen LogP contribution in [0.4, 0.5) is 0 Å². The molecule has 0 amide bonds. The van der Waals surface area contributed by atoms with Crippen LogP contribution in [0.1, 0.15) is 12.0 Å². The van der Waals surface area contributed by atoms with Crippen molar-refractivity contribution in [2.24, 2.45) is 0 Å². The van der Waals surface area contributed by atoms with E-state index in [9.17, 15) is 0 Å². The number of allylic oxidation sites excluding steroid dienone is 4. The summed E-state index contributed by atoms with van der Waals surface area (Å²) >= 11 is 11.8. The zero-order valence-corrected chi connectivity index (χ0v) is 16.2. The number of hydrogen-bond acceptors (Lipinski definition) is 0. The largest absolute Gasteiger partial charge is 4.00 e.